The molecular weight excluding hydrogens is 620 g/mol. The summed E-state index contributed by atoms with van der Waals surface area (Å²) in [5.41, 5.74) is 0.597. The zero-order chi connectivity index (χ0) is 32.8. The lowest BCUT2D eigenvalue weighted by atomic mass is 10.0. The Balaban J connectivity index is 1.82. The molecule has 7 nitrogen and oxygen atoms in total. The van der Waals surface area contributed by atoms with Crippen molar-refractivity contribution in [2.75, 3.05) is 10.8 Å². The molecule has 0 unspecified atom stereocenters. The largest absolute Gasteiger partial charge is 0.350 e. The van der Waals surface area contributed by atoms with E-state index in [1.54, 1.807) is 6.07 Å². The van der Waals surface area contributed by atoms with Crippen molar-refractivity contribution in [2.24, 2.45) is 0 Å². The van der Waals surface area contributed by atoms with Gasteiger partial charge in [-0.15, -0.1) is 0 Å². The maximum Gasteiger partial charge on any atom is 0.264 e. The molecule has 0 fully saturated rings. The van der Waals surface area contributed by atoms with Crippen LogP contribution in [-0.4, -0.2) is 43.3 Å². The van der Waals surface area contributed by atoms with E-state index in [9.17, 15) is 26.8 Å². The summed E-state index contributed by atoms with van der Waals surface area (Å²) in [7, 11) is -4.37. The van der Waals surface area contributed by atoms with E-state index in [0.29, 0.717) is 5.56 Å². The van der Waals surface area contributed by atoms with E-state index in [4.69, 9.17) is 11.6 Å². The zero-order valence-corrected chi connectivity index (χ0v) is 26.7. The standard InChI is InChI=1S/C34H34ClF2N3O4S/c1-34(2,3)38-33(42)31(20-24-10-6-4-7-11-24)39(22-25-14-16-26(36)17-15-25)32(41)23-40(27-18-19-30(37)29(35)21-27)45(43,44)28-12-8-5-9-13-28/h4-19,21,31H,20,22-23H2,1-3H3,(H,38,42)/t31-/m0/s1. The zero-order valence-electron chi connectivity index (χ0n) is 25.1. The minimum atomic E-state index is -4.37. The molecule has 0 saturated heterocycles. The van der Waals surface area contributed by atoms with Gasteiger partial charge in [-0.05, 0) is 74.4 Å². The number of nitrogens with zero attached hydrogens (tertiary/aromatic N) is 2. The molecule has 0 aliphatic rings. The summed E-state index contributed by atoms with van der Waals surface area (Å²) in [6.45, 7) is 4.56. The summed E-state index contributed by atoms with van der Waals surface area (Å²) >= 11 is 6.04. The molecule has 236 valence electrons. The van der Waals surface area contributed by atoms with Gasteiger partial charge in [0.25, 0.3) is 10.0 Å². The molecule has 0 aromatic heterocycles. The van der Waals surface area contributed by atoms with Crippen LogP contribution < -0.4 is 9.62 Å². The molecule has 4 rings (SSSR count). The normalized spacial score (nSPS) is 12.3. The summed E-state index contributed by atoms with van der Waals surface area (Å²) < 4.78 is 56.7. The number of halogens is 3. The number of rotatable bonds is 11. The number of amides is 2. The summed E-state index contributed by atoms with van der Waals surface area (Å²) in [5, 5.41) is 2.61. The highest BCUT2D eigenvalue weighted by molar-refractivity contribution is 7.92. The highest BCUT2D eigenvalue weighted by atomic mass is 35.5. The fourth-order valence-corrected chi connectivity index (χ4v) is 6.28. The number of anilines is 1. The van der Waals surface area contributed by atoms with Crippen LogP contribution in [0.25, 0.3) is 0 Å². The van der Waals surface area contributed by atoms with Crippen LogP contribution in [0.5, 0.6) is 0 Å². The SMILES string of the molecule is CC(C)(C)NC(=O)[C@H](Cc1ccccc1)N(Cc1ccc(F)cc1)C(=O)CN(c1ccc(F)c(Cl)c1)S(=O)(=O)c1ccccc1. The van der Waals surface area contributed by atoms with Gasteiger partial charge in [-0.2, -0.15) is 0 Å². The average molecular weight is 654 g/mol. The molecule has 0 aliphatic heterocycles. The molecule has 0 aliphatic carbocycles. The van der Waals surface area contributed by atoms with E-state index in [-0.39, 0.29) is 28.6 Å². The number of nitrogens with one attached hydrogen (secondary N) is 1. The molecule has 45 heavy (non-hydrogen) atoms. The number of sulfonamides is 1. The molecule has 0 bridgehead atoms. The highest BCUT2D eigenvalue weighted by Gasteiger charge is 2.35. The van der Waals surface area contributed by atoms with Gasteiger partial charge in [0.15, 0.2) is 0 Å². The first-order valence-electron chi connectivity index (χ1n) is 14.2. The minimum Gasteiger partial charge on any atom is -0.350 e. The van der Waals surface area contributed by atoms with E-state index in [1.165, 1.54) is 59.5 Å². The van der Waals surface area contributed by atoms with E-state index in [2.05, 4.69) is 5.32 Å². The van der Waals surface area contributed by atoms with Crippen LogP contribution in [-0.2, 0) is 32.6 Å². The van der Waals surface area contributed by atoms with Gasteiger partial charge in [0.2, 0.25) is 11.8 Å². The predicted molar refractivity (Wildman–Crippen MR) is 171 cm³/mol. The smallest absolute Gasteiger partial charge is 0.264 e. The van der Waals surface area contributed by atoms with Crippen molar-refractivity contribution in [1.29, 1.82) is 0 Å². The third-order valence-corrected chi connectivity index (χ3v) is 8.91. The third kappa shape index (κ3) is 8.89. The van der Waals surface area contributed by atoms with Gasteiger partial charge in [-0.25, -0.2) is 17.2 Å². The van der Waals surface area contributed by atoms with Gasteiger partial charge in [-0.3, -0.25) is 13.9 Å². The molecule has 0 saturated carbocycles. The molecular formula is C34H34ClF2N3O4S. The molecule has 4 aromatic carbocycles. The third-order valence-electron chi connectivity index (χ3n) is 6.84. The van der Waals surface area contributed by atoms with E-state index in [0.717, 1.165) is 22.0 Å². The minimum absolute atomic E-state index is 0.0425. The maximum absolute atomic E-state index is 14.4. The summed E-state index contributed by atoms with van der Waals surface area (Å²) in [4.78, 5) is 29.4. The number of benzene rings is 4. The Hall–Kier alpha value is -4.28. The van der Waals surface area contributed by atoms with Crippen molar-refractivity contribution in [3.63, 3.8) is 0 Å². The second-order valence-electron chi connectivity index (χ2n) is 11.5. The molecule has 1 atom stereocenters. The van der Waals surface area contributed by atoms with Gasteiger partial charge < -0.3 is 10.2 Å². The van der Waals surface area contributed by atoms with Crippen molar-refractivity contribution < 1.29 is 26.8 Å². The summed E-state index contributed by atoms with van der Waals surface area (Å²) in [5.74, 6) is -2.41. The van der Waals surface area contributed by atoms with Crippen molar-refractivity contribution in [3.05, 3.63) is 131 Å². The van der Waals surface area contributed by atoms with Crippen molar-refractivity contribution in [1.82, 2.24) is 10.2 Å². The van der Waals surface area contributed by atoms with Gasteiger partial charge >= 0.3 is 0 Å². The van der Waals surface area contributed by atoms with Crippen LogP contribution in [0.3, 0.4) is 0 Å². The van der Waals surface area contributed by atoms with Crippen molar-refractivity contribution >= 4 is 39.1 Å². The predicted octanol–water partition coefficient (Wildman–Crippen LogP) is 6.37. The second-order valence-corrected chi connectivity index (χ2v) is 13.8. The van der Waals surface area contributed by atoms with Gasteiger partial charge in [-0.1, -0.05) is 72.3 Å². The molecule has 0 spiro atoms. The highest BCUT2D eigenvalue weighted by Crippen LogP contribution is 2.28. The first-order valence-corrected chi connectivity index (χ1v) is 16.0. The lowest BCUT2D eigenvalue weighted by molar-refractivity contribution is -0.140. The average Bonchev–Trinajstić information content (AvgIpc) is 3.00. The Bertz CT molecular complexity index is 1730. The van der Waals surface area contributed by atoms with Crippen LogP contribution in [0.1, 0.15) is 31.9 Å². The summed E-state index contributed by atoms with van der Waals surface area (Å²) in [6, 6.07) is 24.3. The molecule has 2 amide bonds. The maximum atomic E-state index is 14.4. The van der Waals surface area contributed by atoms with Crippen LogP contribution in [0.4, 0.5) is 14.5 Å². The van der Waals surface area contributed by atoms with Gasteiger partial charge in [0.1, 0.15) is 24.2 Å². The van der Waals surface area contributed by atoms with E-state index < -0.39 is 51.6 Å². The lowest BCUT2D eigenvalue weighted by Gasteiger charge is -2.35. The monoisotopic (exact) mass is 653 g/mol. The van der Waals surface area contributed by atoms with Crippen molar-refractivity contribution in [3.8, 4) is 0 Å². The lowest BCUT2D eigenvalue weighted by Crippen LogP contribution is -2.56. The Kier molecular flexibility index (Phi) is 10.6. The van der Waals surface area contributed by atoms with Gasteiger partial charge in [0, 0.05) is 18.5 Å². The number of hydrogen-bond acceptors (Lipinski definition) is 4. The number of carbonyl (C=O) groups excluding carboxylic acids is 2. The number of carbonyl (C=O) groups is 2. The molecule has 4 aromatic rings. The van der Waals surface area contributed by atoms with E-state index in [1.807, 2.05) is 51.1 Å². The summed E-state index contributed by atoms with van der Waals surface area (Å²) in [6.07, 6.45) is 0.115. The Morgan fingerprint density at radius 2 is 1.44 bits per heavy atom. The van der Waals surface area contributed by atoms with Crippen LogP contribution >= 0.6 is 11.6 Å². The fraction of sp³-hybridized carbons (Fsp3) is 0.235. The number of hydrogen-bond donors (Lipinski definition) is 1. The first-order chi connectivity index (χ1) is 21.2. The Morgan fingerprint density at radius 3 is 2.02 bits per heavy atom. The first kappa shape index (κ1) is 33.6. The van der Waals surface area contributed by atoms with Crippen LogP contribution in [0.2, 0.25) is 5.02 Å². The topological polar surface area (TPSA) is 86.8 Å². The Morgan fingerprint density at radius 1 is 0.844 bits per heavy atom. The molecule has 0 radical (unpaired) electrons. The Labute approximate surface area is 267 Å². The van der Waals surface area contributed by atoms with Gasteiger partial charge in [0.05, 0.1) is 15.6 Å². The fourth-order valence-electron chi connectivity index (χ4n) is 4.68. The molecule has 1 N–H and O–H groups in total. The van der Waals surface area contributed by atoms with Crippen LogP contribution in [0, 0.1) is 11.6 Å². The molecule has 0 heterocycles. The molecule has 11 heteroatoms. The van der Waals surface area contributed by atoms with Crippen molar-refractivity contribution in [2.45, 2.75) is 50.2 Å². The quantitative estimate of drug-likeness (QED) is 0.204. The van der Waals surface area contributed by atoms with Crippen LogP contribution in [0.15, 0.2) is 108 Å². The van der Waals surface area contributed by atoms with E-state index >= 15 is 0 Å². The second kappa shape index (κ2) is 14.2.